The molecule has 1 heterocycles. The van der Waals surface area contributed by atoms with E-state index in [9.17, 15) is 0 Å². The molecular formula is C12H15N3O2S. The highest BCUT2D eigenvalue weighted by molar-refractivity contribution is 7.18. The van der Waals surface area contributed by atoms with E-state index < -0.39 is 0 Å². The van der Waals surface area contributed by atoms with E-state index in [4.69, 9.17) is 15.2 Å². The van der Waals surface area contributed by atoms with Crippen LogP contribution in [0, 0.1) is 0 Å². The van der Waals surface area contributed by atoms with Crippen LogP contribution in [0.4, 0.5) is 5.13 Å². The first kappa shape index (κ1) is 12.6. The molecule has 96 valence electrons. The smallest absolute Gasteiger partial charge is 0.203 e. The van der Waals surface area contributed by atoms with E-state index >= 15 is 0 Å². The number of anilines is 1. The van der Waals surface area contributed by atoms with Crippen molar-refractivity contribution >= 4 is 16.5 Å². The number of rotatable bonds is 4. The Morgan fingerprint density at radius 1 is 1.22 bits per heavy atom. The molecule has 0 aliphatic carbocycles. The maximum Gasteiger partial charge on any atom is 0.203 e. The molecule has 0 aliphatic heterocycles. The molecule has 0 radical (unpaired) electrons. The third kappa shape index (κ3) is 2.70. The molecule has 2 aromatic rings. The Morgan fingerprint density at radius 3 is 2.56 bits per heavy atom. The molecule has 0 amide bonds. The second-order valence-electron chi connectivity index (χ2n) is 3.98. The number of hydrogen-bond donors (Lipinski definition) is 1. The van der Waals surface area contributed by atoms with Crippen LogP contribution < -0.4 is 15.2 Å². The number of aromatic nitrogens is 2. The highest BCUT2D eigenvalue weighted by atomic mass is 32.1. The molecule has 0 unspecified atom stereocenters. The third-order valence-electron chi connectivity index (χ3n) is 2.21. The fraction of sp³-hybridized carbons (Fsp3) is 0.333. The molecule has 0 saturated carbocycles. The summed E-state index contributed by atoms with van der Waals surface area (Å²) in [4.78, 5) is 0. The number of hydrogen-bond acceptors (Lipinski definition) is 6. The van der Waals surface area contributed by atoms with Gasteiger partial charge in [0.15, 0.2) is 11.5 Å². The van der Waals surface area contributed by atoms with Gasteiger partial charge in [0.05, 0.1) is 13.2 Å². The standard InChI is InChI=1S/C12H15N3O2S/c1-7(2)17-9-5-4-8(6-10(9)16-3)11-14-15-12(13)18-11/h4-7H,1-3H3,(H2,13,15). The Hall–Kier alpha value is -1.82. The van der Waals surface area contributed by atoms with E-state index in [1.807, 2.05) is 32.0 Å². The number of nitrogens with zero attached hydrogens (tertiary/aromatic N) is 2. The number of methoxy groups -OCH3 is 1. The van der Waals surface area contributed by atoms with E-state index in [-0.39, 0.29) is 6.10 Å². The Kier molecular flexibility index (Phi) is 3.66. The third-order valence-corrected chi connectivity index (χ3v) is 3.02. The first-order valence-corrected chi connectivity index (χ1v) is 6.36. The van der Waals surface area contributed by atoms with Crippen LogP contribution in [0.25, 0.3) is 10.6 Å². The van der Waals surface area contributed by atoms with Gasteiger partial charge in [-0.15, -0.1) is 10.2 Å². The zero-order valence-corrected chi connectivity index (χ0v) is 11.3. The summed E-state index contributed by atoms with van der Waals surface area (Å²) in [5, 5.41) is 9.01. The Morgan fingerprint density at radius 2 is 2.00 bits per heavy atom. The lowest BCUT2D eigenvalue weighted by atomic mass is 10.2. The molecule has 0 aliphatic rings. The highest BCUT2D eigenvalue weighted by Crippen LogP contribution is 2.34. The predicted octanol–water partition coefficient (Wildman–Crippen LogP) is 2.58. The van der Waals surface area contributed by atoms with Crippen molar-refractivity contribution < 1.29 is 9.47 Å². The summed E-state index contributed by atoms with van der Waals surface area (Å²) in [6, 6.07) is 5.66. The summed E-state index contributed by atoms with van der Waals surface area (Å²) in [5.74, 6) is 1.39. The topological polar surface area (TPSA) is 70.3 Å². The van der Waals surface area contributed by atoms with Crippen molar-refractivity contribution in [2.45, 2.75) is 20.0 Å². The molecule has 2 N–H and O–H groups in total. The Bertz CT molecular complexity index is 540. The molecule has 18 heavy (non-hydrogen) atoms. The van der Waals surface area contributed by atoms with Crippen LogP contribution in [0.15, 0.2) is 18.2 Å². The molecule has 0 bridgehead atoms. The largest absolute Gasteiger partial charge is 0.493 e. The first-order valence-electron chi connectivity index (χ1n) is 5.54. The fourth-order valence-electron chi connectivity index (χ4n) is 1.50. The quantitative estimate of drug-likeness (QED) is 0.920. The van der Waals surface area contributed by atoms with E-state index in [2.05, 4.69) is 10.2 Å². The molecule has 6 heteroatoms. The zero-order chi connectivity index (χ0) is 13.1. The molecule has 0 saturated heterocycles. The number of benzene rings is 1. The minimum atomic E-state index is 0.0990. The molecule has 1 aromatic carbocycles. The molecule has 0 fully saturated rings. The summed E-state index contributed by atoms with van der Waals surface area (Å²) in [6.45, 7) is 3.94. The molecule has 0 spiro atoms. The number of nitrogens with two attached hydrogens (primary N) is 1. The van der Waals surface area contributed by atoms with Crippen LogP contribution in [-0.4, -0.2) is 23.4 Å². The van der Waals surface area contributed by atoms with Crippen molar-refractivity contribution in [3.8, 4) is 22.1 Å². The number of ether oxygens (including phenoxy) is 2. The van der Waals surface area contributed by atoms with Crippen LogP contribution in [0.3, 0.4) is 0 Å². The maximum atomic E-state index is 5.65. The van der Waals surface area contributed by atoms with Gasteiger partial charge >= 0.3 is 0 Å². The Labute approximate surface area is 110 Å². The summed E-state index contributed by atoms with van der Waals surface area (Å²) < 4.78 is 11.0. The second-order valence-corrected chi connectivity index (χ2v) is 4.99. The van der Waals surface area contributed by atoms with E-state index in [1.54, 1.807) is 7.11 Å². The van der Waals surface area contributed by atoms with Crippen molar-refractivity contribution in [1.82, 2.24) is 10.2 Å². The highest BCUT2D eigenvalue weighted by Gasteiger charge is 2.11. The average molecular weight is 265 g/mol. The SMILES string of the molecule is COc1cc(-c2nnc(N)s2)ccc1OC(C)C. The zero-order valence-electron chi connectivity index (χ0n) is 10.5. The van der Waals surface area contributed by atoms with Crippen molar-refractivity contribution in [1.29, 1.82) is 0 Å². The van der Waals surface area contributed by atoms with Gasteiger partial charge in [0.2, 0.25) is 5.13 Å². The van der Waals surface area contributed by atoms with Crippen LogP contribution in [-0.2, 0) is 0 Å². The first-order chi connectivity index (χ1) is 8.60. The van der Waals surface area contributed by atoms with Gasteiger partial charge in [-0.2, -0.15) is 0 Å². The molecule has 2 rings (SSSR count). The average Bonchev–Trinajstić information content (AvgIpc) is 2.75. The van der Waals surface area contributed by atoms with E-state index in [0.29, 0.717) is 16.6 Å². The predicted molar refractivity (Wildman–Crippen MR) is 72.1 cm³/mol. The van der Waals surface area contributed by atoms with Crippen LogP contribution in [0.2, 0.25) is 0 Å². The van der Waals surface area contributed by atoms with Crippen LogP contribution >= 0.6 is 11.3 Å². The maximum absolute atomic E-state index is 5.65. The lowest BCUT2D eigenvalue weighted by Crippen LogP contribution is -2.06. The lowest BCUT2D eigenvalue weighted by molar-refractivity contribution is 0.230. The van der Waals surface area contributed by atoms with Crippen molar-refractivity contribution in [2.75, 3.05) is 12.8 Å². The Balaban J connectivity index is 2.35. The van der Waals surface area contributed by atoms with Crippen molar-refractivity contribution in [3.63, 3.8) is 0 Å². The second kappa shape index (κ2) is 5.22. The monoisotopic (exact) mass is 265 g/mol. The van der Waals surface area contributed by atoms with Gasteiger partial charge in [0.25, 0.3) is 0 Å². The summed E-state index contributed by atoms with van der Waals surface area (Å²) >= 11 is 1.34. The van der Waals surface area contributed by atoms with E-state index in [0.717, 1.165) is 10.6 Å². The summed E-state index contributed by atoms with van der Waals surface area (Å²) in [7, 11) is 1.61. The minimum Gasteiger partial charge on any atom is -0.493 e. The van der Waals surface area contributed by atoms with Gasteiger partial charge in [0, 0.05) is 5.56 Å². The van der Waals surface area contributed by atoms with Crippen molar-refractivity contribution in [3.05, 3.63) is 18.2 Å². The normalized spacial score (nSPS) is 10.7. The molecule has 5 nitrogen and oxygen atoms in total. The van der Waals surface area contributed by atoms with Gasteiger partial charge in [0.1, 0.15) is 5.01 Å². The molecular weight excluding hydrogens is 250 g/mol. The summed E-state index contributed by atoms with van der Waals surface area (Å²) in [5.41, 5.74) is 6.49. The van der Waals surface area contributed by atoms with Gasteiger partial charge in [-0.05, 0) is 32.0 Å². The summed E-state index contributed by atoms with van der Waals surface area (Å²) in [6.07, 6.45) is 0.0990. The lowest BCUT2D eigenvalue weighted by Gasteiger charge is -2.13. The van der Waals surface area contributed by atoms with Crippen LogP contribution in [0.5, 0.6) is 11.5 Å². The van der Waals surface area contributed by atoms with Gasteiger partial charge in [-0.3, -0.25) is 0 Å². The number of nitrogen functional groups attached to an aromatic ring is 1. The fourth-order valence-corrected chi connectivity index (χ4v) is 2.11. The van der Waals surface area contributed by atoms with Crippen molar-refractivity contribution in [2.24, 2.45) is 0 Å². The van der Waals surface area contributed by atoms with Gasteiger partial charge in [-0.1, -0.05) is 11.3 Å². The van der Waals surface area contributed by atoms with Gasteiger partial charge in [-0.25, -0.2) is 0 Å². The van der Waals surface area contributed by atoms with Crippen LogP contribution in [0.1, 0.15) is 13.8 Å². The minimum absolute atomic E-state index is 0.0990. The van der Waals surface area contributed by atoms with Gasteiger partial charge < -0.3 is 15.2 Å². The molecule has 1 aromatic heterocycles. The van der Waals surface area contributed by atoms with E-state index in [1.165, 1.54) is 11.3 Å². The molecule has 0 atom stereocenters.